The van der Waals surface area contributed by atoms with E-state index in [9.17, 15) is 0 Å². The van der Waals surface area contributed by atoms with Crippen molar-refractivity contribution in [3.63, 3.8) is 0 Å². The van der Waals surface area contributed by atoms with Crippen LogP contribution in [-0.2, 0) is 0 Å². The molecular weight excluding hydrogens is 635 g/mol. The van der Waals surface area contributed by atoms with Crippen LogP contribution in [0, 0.1) is 5.92 Å². The molecule has 7 aromatic carbocycles. The molecule has 0 amide bonds. The van der Waals surface area contributed by atoms with Gasteiger partial charge in [-0.1, -0.05) is 146 Å². The van der Waals surface area contributed by atoms with Crippen molar-refractivity contribution in [2.24, 2.45) is 10.9 Å². The standard InChI is InChI=1S/C48H37N3O/c1-2-35-45(31-16-6-3-7-17-31)49-48(32-18-8-4-9-19-32)50-46(35)39-24-15-27-43-44(39)40-25-14-23-36(47(40)52-43)33-28-29-38-37-22-12-13-26-41(37)51(42(38)30-33)34-20-10-5-11-21-34/h3-30,35,45-46H,2H2,1H3,(H,49,50). The molecule has 1 aliphatic rings. The molecule has 0 aliphatic carbocycles. The SMILES string of the molecule is CCC1C(c2ccccc2)N=C(c2ccccc2)NC1c1cccc2oc3c(-c4ccc5c6ccccc6n(-c6ccccc6)c5c4)cccc3c12. The molecule has 0 saturated carbocycles. The number of aliphatic imine (C=N–C) groups is 1. The Morgan fingerprint density at radius 2 is 1.31 bits per heavy atom. The predicted octanol–water partition coefficient (Wildman–Crippen LogP) is 12.2. The number of fused-ring (bicyclic) bond motifs is 6. The van der Waals surface area contributed by atoms with E-state index in [1.165, 1.54) is 32.9 Å². The molecule has 1 aliphatic heterocycles. The highest BCUT2D eigenvalue weighted by Crippen LogP contribution is 2.46. The summed E-state index contributed by atoms with van der Waals surface area (Å²) in [5.74, 6) is 1.16. The van der Waals surface area contributed by atoms with Gasteiger partial charge in [0, 0.05) is 44.3 Å². The van der Waals surface area contributed by atoms with Crippen molar-refractivity contribution >= 4 is 49.6 Å². The second-order valence-corrected chi connectivity index (χ2v) is 13.8. The lowest BCUT2D eigenvalue weighted by atomic mass is 9.79. The Balaban J connectivity index is 1.15. The van der Waals surface area contributed by atoms with Crippen LogP contribution in [0.15, 0.2) is 179 Å². The maximum atomic E-state index is 6.88. The summed E-state index contributed by atoms with van der Waals surface area (Å²) in [5.41, 5.74) is 11.1. The molecule has 250 valence electrons. The zero-order chi connectivity index (χ0) is 34.6. The maximum Gasteiger partial charge on any atom is 0.143 e. The van der Waals surface area contributed by atoms with Crippen LogP contribution >= 0.6 is 0 Å². The van der Waals surface area contributed by atoms with Crippen molar-refractivity contribution in [3.05, 3.63) is 187 Å². The molecule has 2 aromatic heterocycles. The zero-order valence-corrected chi connectivity index (χ0v) is 28.9. The molecule has 0 bridgehead atoms. The van der Waals surface area contributed by atoms with Gasteiger partial charge in [-0.15, -0.1) is 0 Å². The van der Waals surface area contributed by atoms with Crippen molar-refractivity contribution in [2.45, 2.75) is 25.4 Å². The van der Waals surface area contributed by atoms with Crippen LogP contribution < -0.4 is 5.32 Å². The molecule has 1 N–H and O–H groups in total. The summed E-state index contributed by atoms with van der Waals surface area (Å²) >= 11 is 0. The van der Waals surface area contributed by atoms with Gasteiger partial charge in [-0.3, -0.25) is 4.99 Å². The van der Waals surface area contributed by atoms with Crippen molar-refractivity contribution < 1.29 is 4.42 Å². The summed E-state index contributed by atoms with van der Waals surface area (Å²) in [6, 6.07) is 60.6. The van der Waals surface area contributed by atoms with Gasteiger partial charge >= 0.3 is 0 Å². The Hall–Kier alpha value is -6.39. The Kier molecular flexibility index (Phi) is 7.28. The van der Waals surface area contributed by atoms with Crippen molar-refractivity contribution in [2.75, 3.05) is 0 Å². The number of nitrogens with one attached hydrogen (secondary N) is 1. The van der Waals surface area contributed by atoms with Crippen LogP contribution in [0.5, 0.6) is 0 Å². The summed E-state index contributed by atoms with van der Waals surface area (Å²) in [4.78, 5) is 5.38. The average molecular weight is 672 g/mol. The fourth-order valence-corrected chi connectivity index (χ4v) is 8.56. The molecule has 0 spiro atoms. The fourth-order valence-electron chi connectivity index (χ4n) is 8.56. The van der Waals surface area contributed by atoms with Gasteiger partial charge < -0.3 is 14.3 Å². The normalized spacial score (nSPS) is 17.5. The minimum Gasteiger partial charge on any atom is -0.455 e. The average Bonchev–Trinajstić information content (AvgIpc) is 3.77. The van der Waals surface area contributed by atoms with E-state index < -0.39 is 0 Å². The van der Waals surface area contributed by atoms with E-state index >= 15 is 0 Å². The third kappa shape index (κ3) is 4.86. The van der Waals surface area contributed by atoms with Gasteiger partial charge in [-0.2, -0.15) is 0 Å². The third-order valence-electron chi connectivity index (χ3n) is 10.9. The molecule has 9 aromatic rings. The summed E-state index contributed by atoms with van der Waals surface area (Å²) in [6.45, 7) is 2.29. The van der Waals surface area contributed by atoms with E-state index in [4.69, 9.17) is 9.41 Å². The molecule has 52 heavy (non-hydrogen) atoms. The Labute approximate surface area is 302 Å². The van der Waals surface area contributed by atoms with E-state index in [0.29, 0.717) is 0 Å². The Morgan fingerprint density at radius 3 is 2.12 bits per heavy atom. The van der Waals surface area contributed by atoms with Crippen molar-refractivity contribution in [3.8, 4) is 16.8 Å². The number of hydrogen-bond acceptors (Lipinski definition) is 3. The van der Waals surface area contributed by atoms with Crippen LogP contribution in [-0.4, -0.2) is 10.4 Å². The second-order valence-electron chi connectivity index (χ2n) is 13.8. The summed E-state index contributed by atoms with van der Waals surface area (Å²) in [7, 11) is 0. The van der Waals surface area contributed by atoms with Gasteiger partial charge in [0.2, 0.25) is 0 Å². The lowest BCUT2D eigenvalue weighted by Crippen LogP contribution is -2.41. The van der Waals surface area contributed by atoms with Crippen LogP contribution in [0.25, 0.3) is 60.6 Å². The fraction of sp³-hybridized carbons (Fsp3) is 0.104. The third-order valence-corrected chi connectivity index (χ3v) is 10.9. The van der Waals surface area contributed by atoms with Crippen LogP contribution in [0.3, 0.4) is 0 Å². The highest BCUT2D eigenvalue weighted by atomic mass is 16.3. The van der Waals surface area contributed by atoms with Crippen LogP contribution in [0.2, 0.25) is 0 Å². The number of furan rings is 1. The highest BCUT2D eigenvalue weighted by Gasteiger charge is 2.37. The van der Waals surface area contributed by atoms with Crippen molar-refractivity contribution in [1.82, 2.24) is 9.88 Å². The summed E-state index contributed by atoms with van der Waals surface area (Å²) in [5, 5.41) is 8.71. The number of benzene rings is 7. The van der Waals surface area contributed by atoms with E-state index in [-0.39, 0.29) is 18.0 Å². The summed E-state index contributed by atoms with van der Waals surface area (Å²) < 4.78 is 9.26. The second kappa shape index (κ2) is 12.4. The first-order valence-electron chi connectivity index (χ1n) is 18.2. The monoisotopic (exact) mass is 671 g/mol. The minimum atomic E-state index is 0.0136. The largest absolute Gasteiger partial charge is 0.455 e. The molecule has 0 fully saturated rings. The van der Waals surface area contributed by atoms with Gasteiger partial charge in [0.1, 0.15) is 17.0 Å². The molecule has 3 unspecified atom stereocenters. The number of rotatable bonds is 6. The van der Waals surface area contributed by atoms with Crippen LogP contribution in [0.1, 0.15) is 42.1 Å². The van der Waals surface area contributed by atoms with E-state index in [1.807, 2.05) is 0 Å². The first kappa shape index (κ1) is 30.4. The van der Waals surface area contributed by atoms with Crippen molar-refractivity contribution in [1.29, 1.82) is 0 Å². The van der Waals surface area contributed by atoms with Gasteiger partial charge in [0.15, 0.2) is 0 Å². The first-order chi connectivity index (χ1) is 25.8. The molecule has 3 heterocycles. The van der Waals surface area contributed by atoms with E-state index in [2.05, 4.69) is 187 Å². The van der Waals surface area contributed by atoms with E-state index in [0.717, 1.165) is 56.6 Å². The number of amidine groups is 1. The van der Waals surface area contributed by atoms with Gasteiger partial charge in [0.05, 0.1) is 23.1 Å². The minimum absolute atomic E-state index is 0.0136. The molecule has 4 nitrogen and oxygen atoms in total. The summed E-state index contributed by atoms with van der Waals surface area (Å²) in [6.07, 6.45) is 0.968. The number of aromatic nitrogens is 1. The van der Waals surface area contributed by atoms with E-state index in [1.54, 1.807) is 0 Å². The molecule has 10 rings (SSSR count). The molecule has 0 radical (unpaired) electrons. The number of nitrogens with zero attached hydrogens (tertiary/aromatic N) is 2. The number of para-hydroxylation sites is 3. The lowest BCUT2D eigenvalue weighted by Gasteiger charge is -2.38. The number of hydrogen-bond donors (Lipinski definition) is 1. The van der Waals surface area contributed by atoms with Crippen LogP contribution in [0.4, 0.5) is 0 Å². The Bertz CT molecular complexity index is 2760. The quantitative estimate of drug-likeness (QED) is 0.191. The molecular formula is C48H37N3O. The lowest BCUT2D eigenvalue weighted by molar-refractivity contribution is 0.312. The Morgan fingerprint density at radius 1 is 0.615 bits per heavy atom. The van der Waals surface area contributed by atoms with Gasteiger partial charge in [-0.25, -0.2) is 0 Å². The highest BCUT2D eigenvalue weighted by molar-refractivity contribution is 6.14. The molecule has 4 heteroatoms. The smallest absolute Gasteiger partial charge is 0.143 e. The van der Waals surface area contributed by atoms with Gasteiger partial charge in [0.25, 0.3) is 0 Å². The van der Waals surface area contributed by atoms with Gasteiger partial charge in [-0.05, 0) is 53.4 Å². The zero-order valence-electron chi connectivity index (χ0n) is 28.9. The maximum absolute atomic E-state index is 6.88. The topological polar surface area (TPSA) is 42.5 Å². The predicted molar refractivity (Wildman–Crippen MR) is 215 cm³/mol. The first-order valence-corrected chi connectivity index (χ1v) is 18.2. The molecule has 3 atom stereocenters. The molecule has 0 saturated heterocycles.